The molecule has 106 valence electrons. The summed E-state index contributed by atoms with van der Waals surface area (Å²) in [4.78, 5) is 13.5. The highest BCUT2D eigenvalue weighted by molar-refractivity contribution is 5.75. The fourth-order valence-corrected chi connectivity index (χ4v) is 1.74. The molecular formula is C15H24N2O2. The largest absolute Gasteiger partial charge is 0.491 e. The molecule has 19 heavy (non-hydrogen) atoms. The molecule has 4 heteroatoms. The molecule has 0 saturated carbocycles. The molecule has 1 N–H and O–H groups in total. The van der Waals surface area contributed by atoms with Gasteiger partial charge < -0.3 is 15.0 Å². The molecule has 0 heterocycles. The number of hydrogen-bond donors (Lipinski definition) is 1. The average molecular weight is 264 g/mol. The monoisotopic (exact) mass is 264 g/mol. The molecule has 0 aromatic heterocycles. The average Bonchev–Trinajstić information content (AvgIpc) is 2.41. The number of nitrogens with zero attached hydrogens (tertiary/aromatic N) is 1. The number of benzene rings is 1. The third kappa shape index (κ3) is 5.75. The zero-order chi connectivity index (χ0) is 14.1. The van der Waals surface area contributed by atoms with Crippen LogP contribution in [0.3, 0.4) is 0 Å². The van der Waals surface area contributed by atoms with Crippen molar-refractivity contribution in [3.8, 4) is 5.75 Å². The van der Waals surface area contributed by atoms with Crippen LogP contribution < -0.4 is 10.1 Å². The number of carbonyl (C=O) groups excluding carboxylic acids is 1. The van der Waals surface area contributed by atoms with E-state index >= 15 is 0 Å². The molecule has 0 bridgehead atoms. The summed E-state index contributed by atoms with van der Waals surface area (Å²) in [5.74, 6) is 1.06. The van der Waals surface area contributed by atoms with Gasteiger partial charge in [-0.25, -0.2) is 0 Å². The predicted octanol–water partition coefficient (Wildman–Crippen LogP) is 1.83. The van der Waals surface area contributed by atoms with E-state index in [-0.39, 0.29) is 5.91 Å². The molecule has 1 aromatic carbocycles. The van der Waals surface area contributed by atoms with Gasteiger partial charge >= 0.3 is 0 Å². The van der Waals surface area contributed by atoms with Crippen molar-refractivity contribution in [2.24, 2.45) is 0 Å². The second kappa shape index (κ2) is 8.53. The summed E-state index contributed by atoms with van der Waals surface area (Å²) >= 11 is 0. The summed E-state index contributed by atoms with van der Waals surface area (Å²) in [6, 6.07) is 7.90. The third-order valence-corrected chi connectivity index (χ3v) is 3.02. The minimum absolute atomic E-state index is 0.170. The van der Waals surface area contributed by atoms with Crippen molar-refractivity contribution in [3.63, 3.8) is 0 Å². The van der Waals surface area contributed by atoms with Crippen LogP contribution in [0.1, 0.15) is 18.4 Å². The molecule has 0 aliphatic carbocycles. The van der Waals surface area contributed by atoms with Crippen molar-refractivity contribution in [2.45, 2.75) is 19.8 Å². The van der Waals surface area contributed by atoms with E-state index in [2.05, 4.69) is 5.32 Å². The molecule has 0 radical (unpaired) electrons. The Bertz CT molecular complexity index is 393. The molecular weight excluding hydrogens is 240 g/mol. The summed E-state index contributed by atoms with van der Waals surface area (Å²) in [5.41, 5.74) is 1.12. The Balaban J connectivity index is 2.25. The molecule has 0 aliphatic heterocycles. The van der Waals surface area contributed by atoms with E-state index in [1.54, 1.807) is 4.90 Å². The van der Waals surface area contributed by atoms with E-state index < -0.39 is 0 Å². The van der Waals surface area contributed by atoms with Crippen LogP contribution in [0.15, 0.2) is 24.3 Å². The topological polar surface area (TPSA) is 41.6 Å². The molecule has 0 unspecified atom stereocenters. The zero-order valence-electron chi connectivity index (χ0n) is 12.1. The van der Waals surface area contributed by atoms with Crippen LogP contribution in [0, 0.1) is 6.92 Å². The Kier molecular flexibility index (Phi) is 6.97. The lowest BCUT2D eigenvalue weighted by Crippen LogP contribution is -2.31. The van der Waals surface area contributed by atoms with Crippen molar-refractivity contribution < 1.29 is 9.53 Å². The first-order valence-corrected chi connectivity index (χ1v) is 6.72. The number of aryl methyl sites for hydroxylation is 1. The Morgan fingerprint density at radius 1 is 1.37 bits per heavy atom. The number of nitrogens with one attached hydrogen (secondary N) is 1. The maximum Gasteiger partial charge on any atom is 0.222 e. The summed E-state index contributed by atoms with van der Waals surface area (Å²) in [7, 11) is 3.72. The van der Waals surface area contributed by atoms with Gasteiger partial charge in [0.1, 0.15) is 12.4 Å². The van der Waals surface area contributed by atoms with Gasteiger partial charge in [-0.15, -0.1) is 0 Å². The maximum atomic E-state index is 11.8. The van der Waals surface area contributed by atoms with Gasteiger partial charge in [0, 0.05) is 13.5 Å². The summed E-state index contributed by atoms with van der Waals surface area (Å²) in [5, 5.41) is 3.04. The SMILES string of the molecule is CNCCCC(=O)N(C)CCOc1ccccc1C. The second-order valence-electron chi connectivity index (χ2n) is 4.64. The predicted molar refractivity (Wildman–Crippen MR) is 77.5 cm³/mol. The Hall–Kier alpha value is -1.55. The summed E-state index contributed by atoms with van der Waals surface area (Å²) in [6.45, 7) is 4.03. The van der Waals surface area contributed by atoms with Crippen molar-refractivity contribution in [1.29, 1.82) is 0 Å². The van der Waals surface area contributed by atoms with Gasteiger partial charge in [-0.1, -0.05) is 18.2 Å². The van der Waals surface area contributed by atoms with Crippen LogP contribution in [0.25, 0.3) is 0 Å². The molecule has 1 amide bonds. The standard InChI is InChI=1S/C15H24N2O2/c1-13-7-4-5-8-14(13)19-12-11-17(3)15(18)9-6-10-16-2/h4-5,7-8,16H,6,9-12H2,1-3H3. The minimum atomic E-state index is 0.170. The van der Waals surface area contributed by atoms with Crippen molar-refractivity contribution in [3.05, 3.63) is 29.8 Å². The van der Waals surface area contributed by atoms with Gasteiger partial charge in [0.2, 0.25) is 5.91 Å². The number of likely N-dealkylation sites (N-methyl/N-ethyl adjacent to an activating group) is 1. The van der Waals surface area contributed by atoms with Crippen LogP contribution in [-0.4, -0.2) is 44.6 Å². The molecule has 4 nitrogen and oxygen atoms in total. The van der Waals surface area contributed by atoms with Gasteiger partial charge in [0.25, 0.3) is 0 Å². The number of hydrogen-bond acceptors (Lipinski definition) is 3. The normalized spacial score (nSPS) is 10.3. The number of para-hydroxylation sites is 1. The molecule has 0 saturated heterocycles. The highest BCUT2D eigenvalue weighted by Crippen LogP contribution is 2.15. The molecule has 1 aromatic rings. The molecule has 0 atom stereocenters. The van der Waals surface area contributed by atoms with E-state index in [1.165, 1.54) is 0 Å². The van der Waals surface area contributed by atoms with E-state index in [0.717, 1.165) is 24.3 Å². The number of amides is 1. The lowest BCUT2D eigenvalue weighted by Gasteiger charge is -2.18. The first-order chi connectivity index (χ1) is 9.15. The van der Waals surface area contributed by atoms with E-state index in [0.29, 0.717) is 19.6 Å². The minimum Gasteiger partial charge on any atom is -0.491 e. The third-order valence-electron chi connectivity index (χ3n) is 3.02. The number of ether oxygens (including phenoxy) is 1. The van der Waals surface area contributed by atoms with Crippen LogP contribution in [-0.2, 0) is 4.79 Å². The van der Waals surface area contributed by atoms with Gasteiger partial charge in [0.15, 0.2) is 0 Å². The van der Waals surface area contributed by atoms with Crippen molar-refractivity contribution in [2.75, 3.05) is 33.8 Å². The molecule has 0 spiro atoms. The van der Waals surface area contributed by atoms with Crippen LogP contribution >= 0.6 is 0 Å². The van der Waals surface area contributed by atoms with Gasteiger partial charge in [0.05, 0.1) is 6.54 Å². The first kappa shape index (κ1) is 15.5. The molecule has 0 fully saturated rings. The maximum absolute atomic E-state index is 11.8. The smallest absolute Gasteiger partial charge is 0.222 e. The van der Waals surface area contributed by atoms with E-state index in [9.17, 15) is 4.79 Å². The van der Waals surface area contributed by atoms with E-state index in [1.807, 2.05) is 45.3 Å². The van der Waals surface area contributed by atoms with Gasteiger partial charge in [-0.2, -0.15) is 0 Å². The highest BCUT2D eigenvalue weighted by Gasteiger charge is 2.08. The fraction of sp³-hybridized carbons (Fsp3) is 0.533. The Labute approximate surface area is 115 Å². The zero-order valence-corrected chi connectivity index (χ0v) is 12.1. The van der Waals surface area contributed by atoms with E-state index in [4.69, 9.17) is 4.74 Å². The Morgan fingerprint density at radius 3 is 2.79 bits per heavy atom. The second-order valence-corrected chi connectivity index (χ2v) is 4.64. The summed E-state index contributed by atoms with van der Waals surface area (Å²) in [6.07, 6.45) is 1.46. The summed E-state index contributed by atoms with van der Waals surface area (Å²) < 4.78 is 5.68. The van der Waals surface area contributed by atoms with Gasteiger partial charge in [-0.05, 0) is 38.6 Å². The molecule has 0 aliphatic rings. The first-order valence-electron chi connectivity index (χ1n) is 6.72. The van der Waals surface area contributed by atoms with Crippen LogP contribution in [0.4, 0.5) is 0 Å². The van der Waals surface area contributed by atoms with Crippen molar-refractivity contribution in [1.82, 2.24) is 10.2 Å². The number of rotatable bonds is 8. The van der Waals surface area contributed by atoms with Crippen LogP contribution in [0.5, 0.6) is 5.75 Å². The Morgan fingerprint density at radius 2 is 2.11 bits per heavy atom. The quantitative estimate of drug-likeness (QED) is 0.728. The number of carbonyl (C=O) groups is 1. The lowest BCUT2D eigenvalue weighted by atomic mass is 10.2. The van der Waals surface area contributed by atoms with Crippen molar-refractivity contribution >= 4 is 5.91 Å². The highest BCUT2D eigenvalue weighted by atomic mass is 16.5. The lowest BCUT2D eigenvalue weighted by molar-refractivity contribution is -0.130. The van der Waals surface area contributed by atoms with Crippen LogP contribution in [0.2, 0.25) is 0 Å². The fourth-order valence-electron chi connectivity index (χ4n) is 1.74. The van der Waals surface area contributed by atoms with Gasteiger partial charge in [-0.3, -0.25) is 4.79 Å². The molecule has 1 rings (SSSR count).